The molecule has 0 bridgehead atoms. The van der Waals surface area contributed by atoms with Crippen LogP contribution in [0.1, 0.15) is 0 Å². The summed E-state index contributed by atoms with van der Waals surface area (Å²) in [7, 11) is 0. The van der Waals surface area contributed by atoms with Crippen LogP contribution in [0, 0.1) is 0 Å². The Balaban J connectivity index is 1.14. The molecule has 0 fully saturated rings. The van der Waals surface area contributed by atoms with Crippen LogP contribution in [0.25, 0.3) is 99.3 Å². The largest absolute Gasteiger partial charge is 0.455 e. The molecule has 0 spiro atoms. The van der Waals surface area contributed by atoms with Gasteiger partial charge >= 0.3 is 0 Å². The number of benzene rings is 7. The van der Waals surface area contributed by atoms with Crippen LogP contribution in [0.4, 0.5) is 0 Å². The van der Waals surface area contributed by atoms with Gasteiger partial charge in [-0.15, -0.1) is 0 Å². The van der Waals surface area contributed by atoms with Gasteiger partial charge in [-0.05, 0) is 40.8 Å². The predicted octanol–water partition coefficient (Wildman–Crippen LogP) is 12.0. The second-order valence-electron chi connectivity index (χ2n) is 12.7. The molecule has 4 heterocycles. The Kier molecular flexibility index (Phi) is 5.35. The number of aromatic nitrogens is 3. The number of nitrogens with zero attached hydrogens (tertiary/aromatic N) is 3. The Morgan fingerprint density at radius 3 is 1.67 bits per heavy atom. The van der Waals surface area contributed by atoms with E-state index in [1.165, 1.54) is 10.8 Å². The Labute approximate surface area is 280 Å². The van der Waals surface area contributed by atoms with Crippen molar-refractivity contribution in [2.45, 2.75) is 0 Å². The zero-order valence-corrected chi connectivity index (χ0v) is 26.3. The molecule has 0 N–H and O–H groups in total. The van der Waals surface area contributed by atoms with Gasteiger partial charge in [0.15, 0.2) is 5.65 Å². The molecule has 0 amide bonds. The first-order valence-electron chi connectivity index (χ1n) is 16.6. The summed E-state index contributed by atoms with van der Waals surface area (Å²) in [6.07, 6.45) is 0. The van der Waals surface area contributed by atoms with Gasteiger partial charge in [0.2, 0.25) is 0 Å². The minimum atomic E-state index is 0.905. The molecule has 11 aromatic rings. The molecule has 49 heavy (non-hydrogen) atoms. The van der Waals surface area contributed by atoms with E-state index in [0.717, 1.165) is 88.5 Å². The van der Waals surface area contributed by atoms with Gasteiger partial charge in [0.1, 0.15) is 22.3 Å². The molecule has 0 radical (unpaired) electrons. The molecule has 228 valence electrons. The van der Waals surface area contributed by atoms with Crippen LogP contribution >= 0.6 is 0 Å². The van der Waals surface area contributed by atoms with Gasteiger partial charge < -0.3 is 4.42 Å². The van der Waals surface area contributed by atoms with Crippen molar-refractivity contribution in [1.29, 1.82) is 0 Å². The number of rotatable bonds is 3. The number of fused-ring (bicyclic) bond motifs is 13. The van der Waals surface area contributed by atoms with E-state index in [0.29, 0.717) is 0 Å². The second kappa shape index (κ2) is 9.93. The SMILES string of the molecule is c1ccc(-c2cccc3c2oc2c(-c4ccc(-n5c6ccccc6c6nc7c8ccccc8c8ccccc8n7c65)cc4)cccc23)cc1. The number of imidazole rings is 1. The van der Waals surface area contributed by atoms with E-state index < -0.39 is 0 Å². The van der Waals surface area contributed by atoms with Crippen LogP contribution in [-0.4, -0.2) is 14.0 Å². The predicted molar refractivity (Wildman–Crippen MR) is 203 cm³/mol. The average Bonchev–Trinajstić information content (AvgIpc) is 3.85. The van der Waals surface area contributed by atoms with E-state index in [1.54, 1.807) is 0 Å². The molecule has 11 rings (SSSR count). The van der Waals surface area contributed by atoms with Gasteiger partial charge in [-0.3, -0.25) is 8.97 Å². The Bertz CT molecular complexity index is 3090. The summed E-state index contributed by atoms with van der Waals surface area (Å²) in [4.78, 5) is 5.35. The standard InChI is InChI=1S/C45H27N3O/c1-2-12-28(13-3-1)31-18-10-20-35-36-21-11-19-32(43(36)49-42(31)35)29-24-26-30(27-25-29)47-40-23-9-7-17-38(40)41-45(47)48-39-22-8-6-15-34(39)33-14-4-5-16-37(33)44(48)46-41/h1-27H. The van der Waals surface area contributed by atoms with Gasteiger partial charge in [-0.25, -0.2) is 4.98 Å². The zero-order chi connectivity index (χ0) is 32.1. The quantitative estimate of drug-likeness (QED) is 0.183. The van der Waals surface area contributed by atoms with Crippen molar-refractivity contribution in [2.75, 3.05) is 0 Å². The normalized spacial score (nSPS) is 12.1. The summed E-state index contributed by atoms with van der Waals surface area (Å²) < 4.78 is 11.5. The maximum atomic E-state index is 6.74. The first-order chi connectivity index (χ1) is 24.3. The van der Waals surface area contributed by atoms with Crippen LogP contribution in [-0.2, 0) is 0 Å². The third-order valence-electron chi connectivity index (χ3n) is 10.1. The van der Waals surface area contributed by atoms with Gasteiger partial charge in [0.05, 0.1) is 11.0 Å². The van der Waals surface area contributed by atoms with Crippen LogP contribution in [0.5, 0.6) is 0 Å². The van der Waals surface area contributed by atoms with Crippen molar-refractivity contribution in [2.24, 2.45) is 0 Å². The van der Waals surface area contributed by atoms with Crippen molar-refractivity contribution >= 4 is 71.3 Å². The van der Waals surface area contributed by atoms with E-state index in [9.17, 15) is 0 Å². The summed E-state index contributed by atoms with van der Waals surface area (Å²) in [6.45, 7) is 0. The molecule has 4 heteroatoms. The van der Waals surface area contributed by atoms with E-state index in [4.69, 9.17) is 9.40 Å². The van der Waals surface area contributed by atoms with Crippen LogP contribution in [0.2, 0.25) is 0 Å². The molecule has 4 nitrogen and oxygen atoms in total. The van der Waals surface area contributed by atoms with Crippen molar-refractivity contribution in [3.05, 3.63) is 164 Å². The third-order valence-corrected chi connectivity index (χ3v) is 10.1. The summed E-state index contributed by atoms with van der Waals surface area (Å²) >= 11 is 0. The molecule has 0 unspecified atom stereocenters. The fourth-order valence-corrected chi connectivity index (χ4v) is 7.94. The molecule has 0 aliphatic rings. The van der Waals surface area contributed by atoms with Gasteiger partial charge in [-0.1, -0.05) is 140 Å². The van der Waals surface area contributed by atoms with Gasteiger partial charge in [0, 0.05) is 43.7 Å². The van der Waals surface area contributed by atoms with E-state index in [2.05, 4.69) is 167 Å². The maximum absolute atomic E-state index is 6.74. The van der Waals surface area contributed by atoms with Crippen molar-refractivity contribution in [1.82, 2.24) is 14.0 Å². The second-order valence-corrected chi connectivity index (χ2v) is 12.7. The number of furan rings is 1. The molecule has 0 aliphatic carbocycles. The number of hydrogen-bond acceptors (Lipinski definition) is 2. The van der Waals surface area contributed by atoms with Crippen molar-refractivity contribution in [3.8, 4) is 27.9 Å². The maximum Gasteiger partial charge on any atom is 0.151 e. The summed E-state index contributed by atoms with van der Waals surface area (Å²) in [5.41, 5.74) is 12.7. The van der Waals surface area contributed by atoms with Crippen LogP contribution in [0.15, 0.2) is 168 Å². The fourth-order valence-electron chi connectivity index (χ4n) is 7.94. The topological polar surface area (TPSA) is 35.4 Å². The summed E-state index contributed by atoms with van der Waals surface area (Å²) in [5, 5.41) is 6.97. The fraction of sp³-hybridized carbons (Fsp3) is 0. The molecule has 0 atom stereocenters. The van der Waals surface area contributed by atoms with Crippen molar-refractivity contribution < 1.29 is 4.42 Å². The lowest BCUT2D eigenvalue weighted by atomic mass is 10.00. The minimum Gasteiger partial charge on any atom is -0.455 e. The number of hydrogen-bond donors (Lipinski definition) is 0. The van der Waals surface area contributed by atoms with Crippen molar-refractivity contribution in [3.63, 3.8) is 0 Å². The minimum absolute atomic E-state index is 0.905. The van der Waals surface area contributed by atoms with E-state index in [-0.39, 0.29) is 0 Å². The molecule has 0 aliphatic heterocycles. The Hall–Kier alpha value is -6.65. The molecular formula is C45H27N3O. The number of para-hydroxylation sites is 4. The highest BCUT2D eigenvalue weighted by atomic mass is 16.3. The zero-order valence-electron chi connectivity index (χ0n) is 26.3. The molecule has 0 saturated heterocycles. The van der Waals surface area contributed by atoms with Crippen LogP contribution < -0.4 is 0 Å². The Morgan fingerprint density at radius 1 is 0.408 bits per heavy atom. The highest BCUT2D eigenvalue weighted by Gasteiger charge is 2.22. The molecule has 4 aromatic heterocycles. The van der Waals surface area contributed by atoms with Gasteiger partial charge in [0.25, 0.3) is 0 Å². The molecular weight excluding hydrogens is 599 g/mol. The van der Waals surface area contributed by atoms with Gasteiger partial charge in [-0.2, -0.15) is 0 Å². The summed E-state index contributed by atoms with van der Waals surface area (Å²) in [6, 6.07) is 58.1. The Morgan fingerprint density at radius 2 is 0.959 bits per heavy atom. The lowest BCUT2D eigenvalue weighted by molar-refractivity contribution is 0.671. The highest BCUT2D eigenvalue weighted by molar-refractivity contribution is 6.17. The lowest BCUT2D eigenvalue weighted by Gasteiger charge is -2.12. The average molecular weight is 626 g/mol. The monoisotopic (exact) mass is 625 g/mol. The van der Waals surface area contributed by atoms with E-state index in [1.807, 2.05) is 6.07 Å². The lowest BCUT2D eigenvalue weighted by Crippen LogP contribution is -1.99. The third kappa shape index (κ3) is 3.66. The summed E-state index contributed by atoms with van der Waals surface area (Å²) in [5.74, 6) is 0. The first-order valence-corrected chi connectivity index (χ1v) is 16.6. The van der Waals surface area contributed by atoms with Crippen LogP contribution in [0.3, 0.4) is 0 Å². The molecule has 7 aromatic carbocycles. The first kappa shape index (κ1) is 26.4. The molecule has 0 saturated carbocycles. The van der Waals surface area contributed by atoms with E-state index >= 15 is 0 Å². The highest BCUT2D eigenvalue weighted by Crippen LogP contribution is 2.41. The number of pyridine rings is 1. The smallest absolute Gasteiger partial charge is 0.151 e.